The van der Waals surface area contributed by atoms with E-state index in [9.17, 15) is 43.2 Å². The number of carbonyl (C=O) groups excluding carboxylic acids is 4. The van der Waals surface area contributed by atoms with Crippen LogP contribution in [0.2, 0.25) is 0 Å². The number of phosphoric acid groups is 2. The number of aliphatic hydroxyl groups excluding tert-OH is 1. The Morgan fingerprint density at radius 3 is 0.802 bits per heavy atom. The van der Waals surface area contributed by atoms with E-state index >= 15 is 0 Å². The lowest BCUT2D eigenvalue weighted by atomic mass is 10.0. The van der Waals surface area contributed by atoms with E-state index < -0.39 is 97.5 Å². The molecule has 0 aromatic rings. The monoisotopic (exact) mass is 1400 g/mol. The second-order valence-electron chi connectivity index (χ2n) is 26.7. The average Bonchev–Trinajstić information content (AvgIpc) is 1.17. The Labute approximate surface area is 585 Å². The predicted octanol–water partition coefficient (Wildman–Crippen LogP) is 22.3. The van der Waals surface area contributed by atoms with Gasteiger partial charge in [0, 0.05) is 25.7 Å². The van der Waals surface area contributed by atoms with Gasteiger partial charge in [-0.05, 0) is 83.5 Å². The molecule has 0 aromatic heterocycles. The van der Waals surface area contributed by atoms with Crippen LogP contribution >= 0.6 is 15.6 Å². The molecular weight excluding hydrogens is 1260 g/mol. The minimum atomic E-state index is -4.96. The van der Waals surface area contributed by atoms with E-state index in [-0.39, 0.29) is 25.7 Å². The van der Waals surface area contributed by atoms with Crippen molar-refractivity contribution < 1.29 is 80.2 Å². The molecule has 0 saturated carbocycles. The summed E-state index contributed by atoms with van der Waals surface area (Å²) in [6.45, 7) is 4.90. The number of esters is 4. The summed E-state index contributed by atoms with van der Waals surface area (Å²) in [5.41, 5.74) is 0. The molecule has 0 saturated heterocycles. The molecule has 17 nitrogen and oxygen atoms in total. The largest absolute Gasteiger partial charge is 0.472 e. The van der Waals surface area contributed by atoms with Crippen molar-refractivity contribution in [3.63, 3.8) is 0 Å². The number of hydrogen-bond acceptors (Lipinski definition) is 15. The molecule has 0 aliphatic carbocycles. The van der Waals surface area contributed by atoms with Crippen LogP contribution in [0.25, 0.3) is 0 Å². The summed E-state index contributed by atoms with van der Waals surface area (Å²) in [4.78, 5) is 72.8. The summed E-state index contributed by atoms with van der Waals surface area (Å²) < 4.78 is 68.5. The van der Waals surface area contributed by atoms with Crippen molar-refractivity contribution in [2.75, 3.05) is 39.6 Å². The summed E-state index contributed by atoms with van der Waals surface area (Å²) in [7, 11) is -9.93. The molecule has 0 bridgehead atoms. The summed E-state index contributed by atoms with van der Waals surface area (Å²) in [5, 5.41) is 10.6. The van der Waals surface area contributed by atoms with E-state index in [1.807, 2.05) is 0 Å². The van der Waals surface area contributed by atoms with Crippen molar-refractivity contribution in [1.82, 2.24) is 0 Å². The lowest BCUT2D eigenvalue weighted by molar-refractivity contribution is -0.161. The van der Waals surface area contributed by atoms with E-state index in [0.717, 1.165) is 128 Å². The van der Waals surface area contributed by atoms with Gasteiger partial charge in [-0.3, -0.25) is 37.3 Å². The van der Waals surface area contributed by atoms with E-state index in [1.54, 1.807) is 0 Å². The standard InChI is InChI=1S/C77H144O17P2/c1-5-9-13-17-21-25-29-33-35-39-42-46-50-54-58-62-75(80)88-68-72(93-76(81)63-59-55-51-47-43-38-32-28-24-20-16-12-8-4)69-91-95(83,84)89-65-71(78)66-90-96(85,86)92-70-73(67-87-74(79)61-57-53-49-45-41-37-31-27-23-19-15-11-7-3)94-77(82)64-60-56-52-48-44-40-36-34-30-26-22-18-14-10-6-2/h21,25,33-36,71-73,78H,5-20,22-24,26-32,37-70H2,1-4H3,(H,83,84)(H,85,86)/b25-21-,35-33-,36-34-/t71-,72+,73+/m0/s1. The first-order valence-corrected chi connectivity index (χ1v) is 42.2. The molecule has 0 amide bonds. The van der Waals surface area contributed by atoms with Crippen LogP contribution in [0.15, 0.2) is 36.5 Å². The van der Waals surface area contributed by atoms with Crippen molar-refractivity contribution >= 4 is 39.5 Å². The molecule has 0 spiro atoms. The Morgan fingerprint density at radius 2 is 0.510 bits per heavy atom. The third-order valence-electron chi connectivity index (χ3n) is 17.1. The molecule has 0 radical (unpaired) electrons. The van der Waals surface area contributed by atoms with E-state index in [4.69, 9.17) is 37.0 Å². The minimum absolute atomic E-state index is 0.0927. The number of phosphoric ester groups is 2. The Morgan fingerprint density at radius 1 is 0.292 bits per heavy atom. The van der Waals surface area contributed by atoms with Crippen LogP contribution in [-0.2, 0) is 65.4 Å². The summed E-state index contributed by atoms with van der Waals surface area (Å²) >= 11 is 0. The fourth-order valence-electron chi connectivity index (χ4n) is 11.1. The highest BCUT2D eigenvalue weighted by atomic mass is 31.2. The third kappa shape index (κ3) is 69.7. The van der Waals surface area contributed by atoms with Crippen LogP contribution in [0.3, 0.4) is 0 Å². The van der Waals surface area contributed by atoms with Crippen molar-refractivity contribution in [1.29, 1.82) is 0 Å². The number of aliphatic hydroxyl groups is 1. The number of ether oxygens (including phenoxy) is 4. The second kappa shape index (κ2) is 70.7. The molecule has 0 aliphatic heterocycles. The van der Waals surface area contributed by atoms with Crippen molar-refractivity contribution in [2.24, 2.45) is 0 Å². The van der Waals surface area contributed by atoms with Gasteiger partial charge in [-0.2, -0.15) is 0 Å². The average molecular weight is 1400 g/mol. The Bertz CT molecular complexity index is 1970. The third-order valence-corrected chi connectivity index (χ3v) is 19.0. The highest BCUT2D eigenvalue weighted by Crippen LogP contribution is 2.45. The Hall–Kier alpha value is -2.72. The van der Waals surface area contributed by atoms with Gasteiger partial charge in [0.15, 0.2) is 12.2 Å². The van der Waals surface area contributed by atoms with Gasteiger partial charge in [-0.15, -0.1) is 0 Å². The molecule has 0 aromatic carbocycles. The summed E-state index contributed by atoms with van der Waals surface area (Å²) in [6.07, 6.45) is 65.5. The lowest BCUT2D eigenvalue weighted by Crippen LogP contribution is -2.30. The van der Waals surface area contributed by atoms with Crippen LogP contribution < -0.4 is 0 Å². The van der Waals surface area contributed by atoms with E-state index in [2.05, 4.69) is 64.2 Å². The quantitative estimate of drug-likeness (QED) is 0.0169. The number of hydrogen-bond donors (Lipinski definition) is 3. The van der Waals surface area contributed by atoms with Crippen LogP contribution in [-0.4, -0.2) is 96.7 Å². The number of carbonyl (C=O) groups is 4. The molecular formula is C77H144O17P2. The maximum atomic E-state index is 13.1. The van der Waals surface area contributed by atoms with Gasteiger partial charge in [0.05, 0.1) is 26.4 Å². The maximum absolute atomic E-state index is 13.1. The molecule has 3 N–H and O–H groups in total. The minimum Gasteiger partial charge on any atom is -0.462 e. The normalized spacial score (nSPS) is 14.1. The molecule has 19 heteroatoms. The smallest absolute Gasteiger partial charge is 0.462 e. The van der Waals surface area contributed by atoms with E-state index in [1.165, 1.54) is 167 Å². The molecule has 0 rings (SSSR count). The van der Waals surface area contributed by atoms with Crippen LogP contribution in [0.5, 0.6) is 0 Å². The van der Waals surface area contributed by atoms with Crippen LogP contribution in [0.1, 0.15) is 374 Å². The Balaban J connectivity index is 5.31. The Kier molecular flexibility index (Phi) is 68.7. The number of unbranched alkanes of at least 4 members (excludes halogenated alkanes) is 43. The van der Waals surface area contributed by atoms with Gasteiger partial charge >= 0.3 is 39.5 Å². The van der Waals surface area contributed by atoms with E-state index in [0.29, 0.717) is 25.7 Å². The fourth-order valence-corrected chi connectivity index (χ4v) is 12.7. The number of rotatable bonds is 75. The van der Waals surface area contributed by atoms with Gasteiger partial charge in [-0.1, -0.05) is 302 Å². The number of allylic oxidation sites excluding steroid dienone is 6. The predicted molar refractivity (Wildman–Crippen MR) is 391 cm³/mol. The van der Waals surface area contributed by atoms with Gasteiger partial charge in [0.25, 0.3) is 0 Å². The zero-order valence-electron chi connectivity index (χ0n) is 61.6. The van der Waals surface area contributed by atoms with Crippen LogP contribution in [0.4, 0.5) is 0 Å². The topological polar surface area (TPSA) is 237 Å². The molecule has 0 fully saturated rings. The lowest BCUT2D eigenvalue weighted by Gasteiger charge is -2.21. The molecule has 5 atom stereocenters. The van der Waals surface area contributed by atoms with Crippen LogP contribution in [0, 0.1) is 0 Å². The maximum Gasteiger partial charge on any atom is 0.472 e. The summed E-state index contributed by atoms with van der Waals surface area (Å²) in [5.74, 6) is -2.16. The second-order valence-corrected chi connectivity index (χ2v) is 29.6. The first-order chi connectivity index (χ1) is 46.7. The highest BCUT2D eigenvalue weighted by molar-refractivity contribution is 7.47. The molecule has 564 valence electrons. The SMILES string of the molecule is CCCCC/C=C\C/C=C\CCCCCCCC(=O)OC[C@H](COP(=O)(O)OC[C@H](O)COP(=O)(O)OC[C@@H](COC(=O)CCCCCCCCCCCCCCC)OC(=O)CCCCCCC/C=C\CCCCCCCC)OC(=O)CCCCCCCCCCCCCCC. The summed E-state index contributed by atoms with van der Waals surface area (Å²) in [6, 6.07) is 0. The van der Waals surface area contributed by atoms with Crippen molar-refractivity contribution in [2.45, 2.75) is 393 Å². The van der Waals surface area contributed by atoms with Gasteiger partial charge in [-0.25, -0.2) is 9.13 Å². The van der Waals surface area contributed by atoms with Crippen molar-refractivity contribution in [3.05, 3.63) is 36.5 Å². The van der Waals surface area contributed by atoms with Gasteiger partial charge in [0.1, 0.15) is 19.3 Å². The molecule has 0 aliphatic rings. The molecule has 96 heavy (non-hydrogen) atoms. The van der Waals surface area contributed by atoms with Crippen molar-refractivity contribution in [3.8, 4) is 0 Å². The first kappa shape index (κ1) is 93.3. The molecule has 2 unspecified atom stereocenters. The zero-order valence-corrected chi connectivity index (χ0v) is 63.4. The molecule has 0 heterocycles. The highest BCUT2D eigenvalue weighted by Gasteiger charge is 2.30. The van der Waals surface area contributed by atoms with Gasteiger partial charge in [0.2, 0.25) is 0 Å². The fraction of sp³-hybridized carbons (Fsp3) is 0.870. The zero-order chi connectivity index (χ0) is 70.4. The van der Waals surface area contributed by atoms with Gasteiger partial charge < -0.3 is 33.8 Å². The first-order valence-electron chi connectivity index (χ1n) is 39.2.